The molecule has 0 bridgehead atoms. The minimum Gasteiger partial charge on any atom is -0.462 e. The predicted molar refractivity (Wildman–Crippen MR) is 61.4 cm³/mol. The van der Waals surface area contributed by atoms with Gasteiger partial charge in [0.1, 0.15) is 6.54 Å². The summed E-state index contributed by atoms with van der Waals surface area (Å²) in [4.78, 5) is 33.1. The number of hydrogen-bond donors (Lipinski definition) is 1. The summed E-state index contributed by atoms with van der Waals surface area (Å²) in [5, 5.41) is 2.20. The monoisotopic (exact) mass is 273 g/mol. The molecular formula is C11H15NO7. The molecule has 0 aliphatic heterocycles. The summed E-state index contributed by atoms with van der Waals surface area (Å²) in [5.74, 6) is -1.09. The highest BCUT2D eigenvalue weighted by molar-refractivity contribution is 5.77. The van der Waals surface area contributed by atoms with Crippen molar-refractivity contribution >= 4 is 12.1 Å². The van der Waals surface area contributed by atoms with Crippen LogP contribution in [0.4, 0.5) is 4.79 Å². The maximum atomic E-state index is 11.2. The van der Waals surface area contributed by atoms with E-state index in [1.807, 2.05) is 0 Å². The third-order valence-corrected chi connectivity index (χ3v) is 1.91. The lowest BCUT2D eigenvalue weighted by Crippen LogP contribution is -2.32. The molecule has 0 saturated carbocycles. The highest BCUT2D eigenvalue weighted by atomic mass is 16.6. The zero-order valence-corrected chi connectivity index (χ0v) is 10.8. The molecule has 0 saturated heterocycles. The van der Waals surface area contributed by atoms with Gasteiger partial charge in [-0.05, 0) is 20.8 Å². The van der Waals surface area contributed by atoms with Gasteiger partial charge in [0.25, 0.3) is 0 Å². The van der Waals surface area contributed by atoms with Crippen molar-refractivity contribution in [3.05, 3.63) is 22.1 Å². The Bertz CT molecular complexity index is 499. The minimum absolute atomic E-state index is 0.116. The second kappa shape index (κ2) is 6.62. The van der Waals surface area contributed by atoms with Crippen molar-refractivity contribution in [2.24, 2.45) is 0 Å². The quantitative estimate of drug-likeness (QED) is 0.787. The summed E-state index contributed by atoms with van der Waals surface area (Å²) >= 11 is 0. The summed E-state index contributed by atoms with van der Waals surface area (Å²) in [6.45, 7) is 4.33. The molecule has 1 aromatic heterocycles. The van der Waals surface area contributed by atoms with Crippen molar-refractivity contribution in [1.82, 2.24) is 5.32 Å². The highest BCUT2D eigenvalue weighted by Crippen LogP contribution is 2.06. The third-order valence-electron chi connectivity index (χ3n) is 1.91. The molecule has 8 nitrogen and oxygen atoms in total. The first-order valence-corrected chi connectivity index (χ1v) is 5.58. The number of esters is 1. The molecule has 0 aliphatic rings. The standard InChI is InChI=1S/C11H15NO7/c1-6(2)17-9(13)4-12-10(14)16-5-8-7(3)18-11(15)19-8/h6H,4-5H2,1-3H3,(H,12,14). The van der Waals surface area contributed by atoms with Crippen LogP contribution >= 0.6 is 0 Å². The van der Waals surface area contributed by atoms with Crippen LogP contribution < -0.4 is 11.1 Å². The second-order valence-electron chi connectivity index (χ2n) is 3.90. The number of alkyl carbamates (subject to hydrolysis) is 1. The summed E-state index contributed by atoms with van der Waals surface area (Å²) in [6, 6.07) is 0. The van der Waals surface area contributed by atoms with Crippen LogP contribution in [0.1, 0.15) is 25.4 Å². The van der Waals surface area contributed by atoms with E-state index in [9.17, 15) is 14.4 Å². The number of aryl methyl sites for hydroxylation is 1. The minimum atomic E-state index is -0.864. The Kier molecular flexibility index (Phi) is 5.16. The third kappa shape index (κ3) is 5.28. The number of ether oxygens (including phenoxy) is 2. The smallest absolute Gasteiger partial charge is 0.462 e. The first-order valence-electron chi connectivity index (χ1n) is 5.58. The van der Waals surface area contributed by atoms with Crippen LogP contribution in [-0.2, 0) is 20.9 Å². The van der Waals surface area contributed by atoms with Gasteiger partial charge in [-0.3, -0.25) is 4.79 Å². The van der Waals surface area contributed by atoms with Crippen LogP contribution in [0.5, 0.6) is 0 Å². The predicted octanol–water partition coefficient (Wildman–Crippen LogP) is 0.719. The summed E-state index contributed by atoms with van der Waals surface area (Å²) < 4.78 is 18.7. The fourth-order valence-electron chi connectivity index (χ4n) is 1.14. The Morgan fingerprint density at radius 1 is 1.32 bits per heavy atom. The van der Waals surface area contributed by atoms with E-state index in [0.29, 0.717) is 0 Å². The summed E-state index contributed by atoms with van der Waals surface area (Å²) in [7, 11) is 0. The molecular weight excluding hydrogens is 258 g/mol. The van der Waals surface area contributed by atoms with Crippen molar-refractivity contribution in [3.8, 4) is 0 Å². The number of carbonyl (C=O) groups excluding carboxylic acids is 2. The van der Waals surface area contributed by atoms with Gasteiger partial charge in [-0.2, -0.15) is 0 Å². The Balaban J connectivity index is 2.30. The van der Waals surface area contributed by atoms with E-state index in [0.717, 1.165) is 0 Å². The molecule has 1 amide bonds. The van der Waals surface area contributed by atoms with E-state index in [4.69, 9.17) is 9.47 Å². The average molecular weight is 273 g/mol. The van der Waals surface area contributed by atoms with Gasteiger partial charge in [0, 0.05) is 0 Å². The van der Waals surface area contributed by atoms with E-state index < -0.39 is 17.9 Å². The molecule has 106 valence electrons. The summed E-state index contributed by atoms with van der Waals surface area (Å²) in [5.41, 5.74) is 0. The zero-order chi connectivity index (χ0) is 14.4. The van der Waals surface area contributed by atoms with Crippen LogP contribution in [0.2, 0.25) is 0 Å². The summed E-state index contributed by atoms with van der Waals surface area (Å²) in [6.07, 6.45) is -1.09. The van der Waals surface area contributed by atoms with E-state index in [1.54, 1.807) is 13.8 Å². The normalized spacial score (nSPS) is 10.3. The van der Waals surface area contributed by atoms with Gasteiger partial charge in [0.2, 0.25) is 0 Å². The van der Waals surface area contributed by atoms with Crippen LogP contribution in [0, 0.1) is 6.92 Å². The zero-order valence-electron chi connectivity index (χ0n) is 10.8. The van der Waals surface area contributed by atoms with Crippen LogP contribution in [0.25, 0.3) is 0 Å². The van der Waals surface area contributed by atoms with Gasteiger partial charge in [-0.15, -0.1) is 0 Å². The van der Waals surface area contributed by atoms with Gasteiger partial charge in [0.05, 0.1) is 6.10 Å². The van der Waals surface area contributed by atoms with Crippen LogP contribution in [0.15, 0.2) is 13.6 Å². The van der Waals surface area contributed by atoms with Gasteiger partial charge in [-0.25, -0.2) is 9.59 Å². The Morgan fingerprint density at radius 3 is 2.53 bits per heavy atom. The highest BCUT2D eigenvalue weighted by Gasteiger charge is 2.12. The van der Waals surface area contributed by atoms with E-state index in [1.165, 1.54) is 6.92 Å². The van der Waals surface area contributed by atoms with Crippen LogP contribution in [0.3, 0.4) is 0 Å². The second-order valence-corrected chi connectivity index (χ2v) is 3.90. The molecule has 1 rings (SSSR count). The lowest BCUT2D eigenvalue weighted by atomic mass is 10.4. The molecule has 0 atom stereocenters. The fourth-order valence-corrected chi connectivity index (χ4v) is 1.14. The molecule has 0 spiro atoms. The number of carbonyl (C=O) groups is 2. The molecule has 0 aromatic carbocycles. The lowest BCUT2D eigenvalue weighted by molar-refractivity contribution is -0.146. The first-order chi connectivity index (χ1) is 8.88. The molecule has 8 heteroatoms. The molecule has 0 radical (unpaired) electrons. The molecule has 19 heavy (non-hydrogen) atoms. The lowest BCUT2D eigenvalue weighted by Gasteiger charge is -2.08. The van der Waals surface area contributed by atoms with E-state index in [-0.39, 0.29) is 30.8 Å². The largest absolute Gasteiger partial charge is 0.519 e. The Morgan fingerprint density at radius 2 is 2.00 bits per heavy atom. The fraction of sp³-hybridized carbons (Fsp3) is 0.545. The van der Waals surface area contributed by atoms with Crippen molar-refractivity contribution in [2.45, 2.75) is 33.5 Å². The maximum absolute atomic E-state index is 11.2. The number of nitrogens with one attached hydrogen (secondary N) is 1. The molecule has 1 N–H and O–H groups in total. The number of hydrogen-bond acceptors (Lipinski definition) is 7. The molecule has 0 unspecified atom stereocenters. The van der Waals surface area contributed by atoms with E-state index in [2.05, 4.69) is 14.2 Å². The topological polar surface area (TPSA) is 108 Å². The average Bonchev–Trinajstić information content (AvgIpc) is 2.61. The van der Waals surface area contributed by atoms with Gasteiger partial charge < -0.3 is 23.6 Å². The van der Waals surface area contributed by atoms with Crippen molar-refractivity contribution < 1.29 is 27.9 Å². The SMILES string of the molecule is Cc1oc(=O)oc1COC(=O)NCC(=O)OC(C)C. The Labute approximate surface area is 108 Å². The molecule has 0 fully saturated rings. The van der Waals surface area contributed by atoms with E-state index >= 15 is 0 Å². The van der Waals surface area contributed by atoms with Gasteiger partial charge in [-0.1, -0.05) is 0 Å². The molecule has 0 aliphatic carbocycles. The molecule has 1 heterocycles. The van der Waals surface area contributed by atoms with Crippen molar-refractivity contribution in [2.75, 3.05) is 6.54 Å². The Hall–Kier alpha value is -2.25. The van der Waals surface area contributed by atoms with Gasteiger partial charge >= 0.3 is 17.9 Å². The number of rotatable bonds is 5. The molecule has 1 aromatic rings. The van der Waals surface area contributed by atoms with Gasteiger partial charge in [0.15, 0.2) is 18.1 Å². The first kappa shape index (κ1) is 14.8. The van der Waals surface area contributed by atoms with Crippen molar-refractivity contribution in [3.63, 3.8) is 0 Å². The number of amides is 1. The maximum Gasteiger partial charge on any atom is 0.519 e. The van der Waals surface area contributed by atoms with Crippen LogP contribution in [-0.4, -0.2) is 24.7 Å². The van der Waals surface area contributed by atoms with Crippen molar-refractivity contribution in [1.29, 1.82) is 0 Å².